The van der Waals surface area contributed by atoms with Crippen LogP contribution in [0, 0.1) is 6.92 Å². The summed E-state index contributed by atoms with van der Waals surface area (Å²) in [6.07, 6.45) is 0. The summed E-state index contributed by atoms with van der Waals surface area (Å²) in [5.74, 6) is 0. The van der Waals surface area contributed by atoms with Crippen LogP contribution in [0.15, 0.2) is 21.5 Å². The van der Waals surface area contributed by atoms with Gasteiger partial charge in [0.25, 0.3) is 0 Å². The van der Waals surface area contributed by atoms with Crippen LogP contribution in [0.4, 0.5) is 5.69 Å². The highest BCUT2D eigenvalue weighted by molar-refractivity contribution is 9.10. The van der Waals surface area contributed by atoms with Gasteiger partial charge >= 0.3 is 0 Å². The number of likely N-dealkylation sites (N-methyl/N-ethyl adjacent to an activating group) is 1. The molecule has 0 spiro atoms. The highest BCUT2D eigenvalue weighted by atomic mass is 79.9. The van der Waals surface area contributed by atoms with E-state index < -0.39 is 10.0 Å². The number of ether oxygens (including phenoxy) is 1. The van der Waals surface area contributed by atoms with Crippen molar-refractivity contribution in [3.63, 3.8) is 0 Å². The summed E-state index contributed by atoms with van der Waals surface area (Å²) in [5.41, 5.74) is 6.87. The van der Waals surface area contributed by atoms with Crippen LogP contribution < -0.4 is 5.73 Å². The predicted molar refractivity (Wildman–Crippen MR) is 84.2 cm³/mol. The number of halogens is 1. The van der Waals surface area contributed by atoms with E-state index in [9.17, 15) is 8.42 Å². The van der Waals surface area contributed by atoms with Crippen LogP contribution in [0.5, 0.6) is 0 Å². The lowest BCUT2D eigenvalue weighted by Crippen LogP contribution is -2.34. The van der Waals surface area contributed by atoms with Crippen molar-refractivity contribution in [3.05, 3.63) is 22.2 Å². The molecule has 1 aromatic carbocycles. The minimum absolute atomic E-state index is 0.247. The SMILES string of the molecule is CCOCCN(CC)S(=O)(=O)c1cc(N)c(Br)cc1C. The monoisotopic (exact) mass is 364 g/mol. The predicted octanol–water partition coefficient (Wildman–Crippen LogP) is 2.39. The van der Waals surface area contributed by atoms with E-state index in [1.165, 1.54) is 10.4 Å². The highest BCUT2D eigenvalue weighted by Gasteiger charge is 2.25. The summed E-state index contributed by atoms with van der Waals surface area (Å²) in [4.78, 5) is 0.247. The normalized spacial score (nSPS) is 12.1. The average molecular weight is 365 g/mol. The largest absolute Gasteiger partial charge is 0.398 e. The van der Waals surface area contributed by atoms with Gasteiger partial charge in [0.2, 0.25) is 10.0 Å². The number of nitrogens with zero attached hydrogens (tertiary/aromatic N) is 1. The van der Waals surface area contributed by atoms with Crippen LogP contribution >= 0.6 is 15.9 Å². The maximum atomic E-state index is 12.6. The zero-order valence-corrected chi connectivity index (χ0v) is 14.4. The topological polar surface area (TPSA) is 72.6 Å². The van der Waals surface area contributed by atoms with E-state index in [1.54, 1.807) is 19.9 Å². The Morgan fingerprint density at radius 1 is 1.35 bits per heavy atom. The number of anilines is 1. The minimum Gasteiger partial charge on any atom is -0.398 e. The lowest BCUT2D eigenvalue weighted by atomic mass is 10.2. The van der Waals surface area contributed by atoms with Crippen LogP contribution in [-0.4, -0.2) is 39.0 Å². The van der Waals surface area contributed by atoms with Gasteiger partial charge in [-0.1, -0.05) is 6.92 Å². The Bertz CT molecular complexity index is 561. The fourth-order valence-corrected chi connectivity index (χ4v) is 3.98. The Labute approximate surface area is 129 Å². The molecule has 1 rings (SSSR count). The molecule has 0 saturated heterocycles. The van der Waals surface area contributed by atoms with E-state index in [-0.39, 0.29) is 4.90 Å². The maximum absolute atomic E-state index is 12.6. The van der Waals surface area contributed by atoms with Crippen LogP contribution in [-0.2, 0) is 14.8 Å². The Morgan fingerprint density at radius 3 is 2.55 bits per heavy atom. The molecule has 7 heteroatoms. The Kier molecular flexibility index (Phi) is 6.44. The van der Waals surface area contributed by atoms with Gasteiger partial charge < -0.3 is 10.5 Å². The number of nitrogen functional groups attached to an aromatic ring is 1. The first kappa shape index (κ1) is 17.4. The maximum Gasteiger partial charge on any atom is 0.243 e. The summed E-state index contributed by atoms with van der Waals surface area (Å²) in [5, 5.41) is 0. The molecule has 5 nitrogen and oxygen atoms in total. The van der Waals surface area contributed by atoms with E-state index in [2.05, 4.69) is 15.9 Å². The summed E-state index contributed by atoms with van der Waals surface area (Å²) in [6.45, 7) is 7.13. The molecule has 0 aliphatic carbocycles. The van der Waals surface area contributed by atoms with Gasteiger partial charge in [0.15, 0.2) is 0 Å². The van der Waals surface area contributed by atoms with Crippen LogP contribution in [0.25, 0.3) is 0 Å². The lowest BCUT2D eigenvalue weighted by molar-refractivity contribution is 0.135. The Balaban J connectivity index is 3.11. The third-order valence-electron chi connectivity index (χ3n) is 2.95. The number of nitrogens with two attached hydrogens (primary N) is 1. The fourth-order valence-electron chi connectivity index (χ4n) is 1.84. The lowest BCUT2D eigenvalue weighted by Gasteiger charge is -2.22. The number of rotatable bonds is 7. The molecule has 0 radical (unpaired) electrons. The number of sulfonamides is 1. The van der Waals surface area contributed by atoms with E-state index in [0.29, 0.717) is 42.0 Å². The van der Waals surface area contributed by atoms with Crippen molar-refractivity contribution in [2.24, 2.45) is 0 Å². The quantitative estimate of drug-likeness (QED) is 0.595. The Morgan fingerprint density at radius 2 is 2.00 bits per heavy atom. The molecule has 20 heavy (non-hydrogen) atoms. The third kappa shape index (κ3) is 3.94. The van der Waals surface area contributed by atoms with Gasteiger partial charge in [-0.15, -0.1) is 0 Å². The second-order valence-corrected chi connectivity index (χ2v) is 7.09. The van der Waals surface area contributed by atoms with Gasteiger partial charge in [-0.25, -0.2) is 8.42 Å². The van der Waals surface area contributed by atoms with E-state index in [1.807, 2.05) is 6.92 Å². The smallest absolute Gasteiger partial charge is 0.243 e. The van der Waals surface area contributed by atoms with Crippen molar-refractivity contribution in [1.82, 2.24) is 4.31 Å². The molecule has 0 amide bonds. The summed E-state index contributed by atoms with van der Waals surface area (Å²) in [6, 6.07) is 3.22. The molecule has 0 saturated carbocycles. The van der Waals surface area contributed by atoms with Crippen molar-refractivity contribution in [1.29, 1.82) is 0 Å². The molecule has 1 aromatic rings. The second kappa shape index (κ2) is 7.40. The zero-order chi connectivity index (χ0) is 15.3. The molecule has 0 heterocycles. The molecule has 114 valence electrons. The molecule has 0 bridgehead atoms. The minimum atomic E-state index is -3.55. The second-order valence-electron chi connectivity index (χ2n) is 4.33. The van der Waals surface area contributed by atoms with Crippen molar-refractivity contribution in [2.75, 3.05) is 32.0 Å². The first-order valence-corrected chi connectivity index (χ1v) is 8.71. The van der Waals surface area contributed by atoms with Crippen LogP contribution in [0.2, 0.25) is 0 Å². The van der Waals surface area contributed by atoms with E-state index >= 15 is 0 Å². The van der Waals surface area contributed by atoms with Crippen molar-refractivity contribution in [2.45, 2.75) is 25.7 Å². The number of aryl methyl sites for hydroxylation is 1. The van der Waals surface area contributed by atoms with Crippen molar-refractivity contribution >= 4 is 31.6 Å². The molecular weight excluding hydrogens is 344 g/mol. The van der Waals surface area contributed by atoms with Crippen LogP contribution in [0.1, 0.15) is 19.4 Å². The molecule has 2 N–H and O–H groups in total. The average Bonchev–Trinajstić information content (AvgIpc) is 2.38. The Hall–Kier alpha value is -0.630. The number of hydrogen-bond donors (Lipinski definition) is 1. The zero-order valence-electron chi connectivity index (χ0n) is 12.0. The number of benzene rings is 1. The summed E-state index contributed by atoms with van der Waals surface area (Å²) >= 11 is 3.30. The molecule has 0 aliphatic heterocycles. The standard InChI is InChI=1S/C13H21BrN2O3S/c1-4-16(6-7-19-5-2)20(17,18)13-9-12(15)11(14)8-10(13)3/h8-9H,4-7,15H2,1-3H3. The molecule has 0 aromatic heterocycles. The van der Waals surface area contributed by atoms with Gasteiger partial charge in [-0.05, 0) is 47.5 Å². The fraction of sp³-hybridized carbons (Fsp3) is 0.538. The van der Waals surface area contributed by atoms with Crippen molar-refractivity contribution in [3.8, 4) is 0 Å². The summed E-state index contributed by atoms with van der Waals surface area (Å²) in [7, 11) is -3.55. The molecule has 0 fully saturated rings. The van der Waals surface area contributed by atoms with Gasteiger partial charge in [-0.3, -0.25) is 0 Å². The molecule has 0 atom stereocenters. The van der Waals surface area contributed by atoms with Gasteiger partial charge in [-0.2, -0.15) is 4.31 Å². The number of hydrogen-bond acceptors (Lipinski definition) is 4. The summed E-state index contributed by atoms with van der Waals surface area (Å²) < 4.78 is 32.6. The van der Waals surface area contributed by atoms with Gasteiger partial charge in [0, 0.05) is 29.9 Å². The molecule has 0 aliphatic rings. The van der Waals surface area contributed by atoms with E-state index in [4.69, 9.17) is 10.5 Å². The highest BCUT2D eigenvalue weighted by Crippen LogP contribution is 2.28. The molecule has 0 unspecified atom stereocenters. The third-order valence-corrected chi connectivity index (χ3v) is 5.76. The first-order valence-electron chi connectivity index (χ1n) is 6.48. The van der Waals surface area contributed by atoms with E-state index in [0.717, 1.165) is 0 Å². The van der Waals surface area contributed by atoms with Gasteiger partial charge in [0.1, 0.15) is 0 Å². The van der Waals surface area contributed by atoms with Crippen molar-refractivity contribution < 1.29 is 13.2 Å². The van der Waals surface area contributed by atoms with Crippen LogP contribution in [0.3, 0.4) is 0 Å². The first-order chi connectivity index (χ1) is 9.34. The van der Waals surface area contributed by atoms with Gasteiger partial charge in [0.05, 0.1) is 11.5 Å². The molecular formula is C13H21BrN2O3S.